The van der Waals surface area contributed by atoms with Gasteiger partial charge in [0, 0.05) is 12.1 Å². The molecule has 0 aromatic carbocycles. The van der Waals surface area contributed by atoms with Crippen molar-refractivity contribution in [3.05, 3.63) is 0 Å². The quantitative estimate of drug-likeness (QED) is 0.815. The van der Waals surface area contributed by atoms with Crippen LogP contribution in [0.1, 0.15) is 53.4 Å². The number of aliphatic carboxylic acids is 1. The Balaban J connectivity index is 2.63. The second kappa shape index (κ2) is 7.50. The lowest BCUT2D eigenvalue weighted by atomic mass is 9.80. The molecule has 0 aliphatic heterocycles. The average Bonchev–Trinajstić information content (AvgIpc) is 2.38. The van der Waals surface area contributed by atoms with E-state index in [1.807, 2.05) is 13.8 Å². The van der Waals surface area contributed by atoms with Gasteiger partial charge in [0.25, 0.3) is 0 Å². The van der Waals surface area contributed by atoms with E-state index >= 15 is 0 Å². The Hall–Kier alpha value is -1.26. The largest absolute Gasteiger partial charge is 0.480 e. The van der Waals surface area contributed by atoms with Gasteiger partial charge in [-0.15, -0.1) is 0 Å². The number of carboxylic acids is 1. The normalized spacial score (nSPS) is 27.7. The van der Waals surface area contributed by atoms with Crippen LogP contribution in [0, 0.1) is 11.8 Å². The highest BCUT2D eigenvalue weighted by atomic mass is 16.4. The van der Waals surface area contributed by atoms with Crippen molar-refractivity contribution in [2.75, 3.05) is 6.54 Å². The molecule has 0 radical (unpaired) electrons. The van der Waals surface area contributed by atoms with Crippen molar-refractivity contribution in [1.29, 1.82) is 0 Å². The first-order valence-electron chi connectivity index (χ1n) is 7.64. The monoisotopic (exact) mass is 284 g/mol. The Kier molecular flexibility index (Phi) is 6.30. The van der Waals surface area contributed by atoms with Gasteiger partial charge in [-0.1, -0.05) is 20.8 Å². The number of rotatable bonds is 5. The Labute approximate surface area is 121 Å². The van der Waals surface area contributed by atoms with Gasteiger partial charge in [-0.3, -0.25) is 4.79 Å². The van der Waals surface area contributed by atoms with Crippen LogP contribution in [0.25, 0.3) is 0 Å². The molecule has 20 heavy (non-hydrogen) atoms. The van der Waals surface area contributed by atoms with E-state index < -0.39 is 5.97 Å². The van der Waals surface area contributed by atoms with Crippen LogP contribution in [0.3, 0.4) is 0 Å². The Morgan fingerprint density at radius 2 is 2.00 bits per heavy atom. The smallest absolute Gasteiger partial charge is 0.323 e. The zero-order valence-corrected chi connectivity index (χ0v) is 13.1. The van der Waals surface area contributed by atoms with Gasteiger partial charge in [-0.25, -0.2) is 4.79 Å². The van der Waals surface area contributed by atoms with Gasteiger partial charge >= 0.3 is 12.0 Å². The number of nitrogens with zero attached hydrogens (tertiary/aromatic N) is 1. The molecule has 0 saturated heterocycles. The maximum absolute atomic E-state index is 12.3. The molecule has 5 heteroatoms. The van der Waals surface area contributed by atoms with Crippen molar-refractivity contribution < 1.29 is 14.7 Å². The van der Waals surface area contributed by atoms with E-state index in [0.717, 1.165) is 25.7 Å². The third kappa shape index (κ3) is 4.69. The van der Waals surface area contributed by atoms with Crippen molar-refractivity contribution in [3.63, 3.8) is 0 Å². The van der Waals surface area contributed by atoms with E-state index in [-0.39, 0.29) is 24.7 Å². The van der Waals surface area contributed by atoms with Gasteiger partial charge in [-0.2, -0.15) is 0 Å². The second-order valence-corrected chi connectivity index (χ2v) is 6.23. The molecule has 4 unspecified atom stereocenters. The van der Waals surface area contributed by atoms with Gasteiger partial charge in [0.1, 0.15) is 6.54 Å². The minimum Gasteiger partial charge on any atom is -0.480 e. The molecule has 0 heterocycles. The molecule has 2 N–H and O–H groups in total. The SMILES string of the molecule is CCC(C)N(CC(=O)O)C(=O)NC1CCC(C)CC1C. The predicted octanol–water partition coefficient (Wildman–Crippen LogP) is 2.71. The Morgan fingerprint density at radius 1 is 1.35 bits per heavy atom. The summed E-state index contributed by atoms with van der Waals surface area (Å²) in [6, 6.07) is -0.142. The van der Waals surface area contributed by atoms with E-state index in [4.69, 9.17) is 5.11 Å². The number of hydrogen-bond donors (Lipinski definition) is 2. The number of carbonyl (C=O) groups is 2. The molecular formula is C15H28N2O3. The maximum Gasteiger partial charge on any atom is 0.323 e. The number of carbonyl (C=O) groups excluding carboxylic acids is 1. The van der Waals surface area contributed by atoms with E-state index in [1.54, 1.807) is 0 Å². The van der Waals surface area contributed by atoms with Crippen molar-refractivity contribution in [2.45, 2.75) is 65.5 Å². The van der Waals surface area contributed by atoms with E-state index in [0.29, 0.717) is 11.8 Å². The molecule has 1 fully saturated rings. The molecule has 116 valence electrons. The molecule has 5 nitrogen and oxygen atoms in total. The highest BCUT2D eigenvalue weighted by Gasteiger charge is 2.29. The second-order valence-electron chi connectivity index (χ2n) is 6.23. The third-order valence-corrected chi connectivity index (χ3v) is 4.43. The summed E-state index contributed by atoms with van der Waals surface area (Å²) < 4.78 is 0. The molecule has 1 aliphatic rings. The lowest BCUT2D eigenvalue weighted by Crippen LogP contribution is -2.52. The summed E-state index contributed by atoms with van der Waals surface area (Å²) >= 11 is 0. The van der Waals surface area contributed by atoms with E-state index in [2.05, 4.69) is 19.2 Å². The molecule has 1 rings (SSSR count). The fourth-order valence-electron chi connectivity index (χ4n) is 2.92. The fraction of sp³-hybridized carbons (Fsp3) is 0.867. The topological polar surface area (TPSA) is 69.6 Å². The van der Waals surface area contributed by atoms with Crippen LogP contribution < -0.4 is 5.32 Å². The van der Waals surface area contributed by atoms with Crippen molar-refractivity contribution >= 4 is 12.0 Å². The first-order chi connectivity index (χ1) is 9.35. The highest BCUT2D eigenvalue weighted by molar-refractivity contribution is 5.80. The van der Waals surface area contributed by atoms with Crippen LogP contribution in [-0.2, 0) is 4.79 Å². The molecule has 0 spiro atoms. The summed E-state index contributed by atoms with van der Waals surface area (Å²) in [6.45, 7) is 8.00. The average molecular weight is 284 g/mol. The minimum absolute atomic E-state index is 0.0658. The number of amides is 2. The maximum atomic E-state index is 12.3. The van der Waals surface area contributed by atoms with Crippen LogP contribution in [0.2, 0.25) is 0 Å². The summed E-state index contributed by atoms with van der Waals surface area (Å²) in [5.74, 6) is 0.194. The molecule has 1 aliphatic carbocycles. The summed E-state index contributed by atoms with van der Waals surface area (Å²) in [4.78, 5) is 24.7. The van der Waals surface area contributed by atoms with Gasteiger partial charge in [0.15, 0.2) is 0 Å². The number of urea groups is 1. The lowest BCUT2D eigenvalue weighted by Gasteiger charge is -2.36. The van der Waals surface area contributed by atoms with Crippen molar-refractivity contribution in [2.24, 2.45) is 11.8 Å². The van der Waals surface area contributed by atoms with Gasteiger partial charge in [-0.05, 0) is 44.4 Å². The van der Waals surface area contributed by atoms with Crippen molar-refractivity contribution in [1.82, 2.24) is 10.2 Å². The number of carboxylic acid groups (broad SMARTS) is 1. The molecule has 0 bridgehead atoms. The highest BCUT2D eigenvalue weighted by Crippen LogP contribution is 2.28. The minimum atomic E-state index is -0.967. The van der Waals surface area contributed by atoms with Crippen LogP contribution in [-0.4, -0.2) is 40.6 Å². The fourth-order valence-corrected chi connectivity index (χ4v) is 2.92. The Bertz CT molecular complexity index is 346. The van der Waals surface area contributed by atoms with Crippen molar-refractivity contribution in [3.8, 4) is 0 Å². The molecular weight excluding hydrogens is 256 g/mol. The molecule has 0 aromatic rings. The van der Waals surface area contributed by atoms with Gasteiger partial charge in [0.05, 0.1) is 0 Å². The van der Waals surface area contributed by atoms with Crippen LogP contribution >= 0.6 is 0 Å². The molecule has 4 atom stereocenters. The molecule has 0 aromatic heterocycles. The third-order valence-electron chi connectivity index (χ3n) is 4.43. The van der Waals surface area contributed by atoms with Crippen LogP contribution in [0.5, 0.6) is 0 Å². The summed E-state index contributed by atoms with van der Waals surface area (Å²) in [5.41, 5.74) is 0. The predicted molar refractivity (Wildman–Crippen MR) is 78.6 cm³/mol. The van der Waals surface area contributed by atoms with E-state index in [9.17, 15) is 9.59 Å². The lowest BCUT2D eigenvalue weighted by molar-refractivity contribution is -0.138. The summed E-state index contributed by atoms with van der Waals surface area (Å²) in [6.07, 6.45) is 3.97. The standard InChI is InChI=1S/C15H28N2O3/c1-5-12(4)17(9-14(18)19)15(20)16-13-7-6-10(2)8-11(13)3/h10-13H,5-9H2,1-4H3,(H,16,20)(H,18,19). The first-order valence-corrected chi connectivity index (χ1v) is 7.64. The van der Waals surface area contributed by atoms with Crippen LogP contribution in [0.15, 0.2) is 0 Å². The van der Waals surface area contributed by atoms with Gasteiger partial charge < -0.3 is 15.3 Å². The summed E-state index contributed by atoms with van der Waals surface area (Å²) in [7, 11) is 0. The van der Waals surface area contributed by atoms with Crippen LogP contribution in [0.4, 0.5) is 4.79 Å². The first kappa shape index (κ1) is 16.8. The zero-order chi connectivity index (χ0) is 15.3. The number of hydrogen-bond acceptors (Lipinski definition) is 2. The van der Waals surface area contributed by atoms with Gasteiger partial charge in [0.2, 0.25) is 0 Å². The molecule has 2 amide bonds. The zero-order valence-electron chi connectivity index (χ0n) is 13.1. The number of nitrogens with one attached hydrogen (secondary N) is 1. The summed E-state index contributed by atoms with van der Waals surface area (Å²) in [5, 5.41) is 12.0. The van der Waals surface area contributed by atoms with E-state index in [1.165, 1.54) is 4.90 Å². The molecule has 1 saturated carbocycles. The Morgan fingerprint density at radius 3 is 2.50 bits per heavy atom.